The Kier molecular flexibility index (Phi) is 14.4. The maximum atomic E-state index is 6.76. The van der Waals surface area contributed by atoms with Gasteiger partial charge in [0.25, 0.3) is 0 Å². The van der Waals surface area contributed by atoms with E-state index < -0.39 is 24.0 Å². The van der Waals surface area contributed by atoms with Crippen LogP contribution < -0.4 is 0 Å². The molecule has 0 bridgehead atoms. The molecule has 0 aliphatic rings. The first-order chi connectivity index (χ1) is 12.6. The van der Waals surface area contributed by atoms with Gasteiger partial charge in [0.1, 0.15) is 0 Å². The first kappa shape index (κ1) is 27.8. The van der Waals surface area contributed by atoms with Crippen molar-refractivity contribution in [3.8, 4) is 0 Å². The van der Waals surface area contributed by atoms with Crippen LogP contribution in [0, 0.1) is 0 Å². The van der Waals surface area contributed by atoms with Crippen LogP contribution >= 0.6 is 11.1 Å². The van der Waals surface area contributed by atoms with Crippen LogP contribution in [0.15, 0.2) is 0 Å². The van der Waals surface area contributed by atoms with Crippen LogP contribution in [-0.2, 0) is 13.6 Å². The van der Waals surface area contributed by atoms with Gasteiger partial charge in [0.2, 0.25) is 0 Å². The second kappa shape index (κ2) is 13.9. The minimum Gasteiger partial charge on any atom is -0.414 e. The molecule has 0 aromatic heterocycles. The van der Waals surface area contributed by atoms with Gasteiger partial charge in [0.05, 0.1) is 19.3 Å². The van der Waals surface area contributed by atoms with Gasteiger partial charge in [0, 0.05) is 6.61 Å². The lowest BCUT2D eigenvalue weighted by atomic mass is 10.4. The summed E-state index contributed by atoms with van der Waals surface area (Å²) in [6, 6.07) is 8.15. The van der Waals surface area contributed by atoms with Crippen molar-refractivity contribution in [3.63, 3.8) is 0 Å². The van der Waals surface area contributed by atoms with Crippen molar-refractivity contribution in [2.24, 2.45) is 0 Å². The van der Waals surface area contributed by atoms with E-state index in [1.54, 1.807) is 0 Å². The Labute approximate surface area is 177 Å². The van der Waals surface area contributed by atoms with Crippen LogP contribution in [0.25, 0.3) is 0 Å². The number of halogens is 1. The summed E-state index contributed by atoms with van der Waals surface area (Å²) < 4.78 is 19.4. The van der Waals surface area contributed by atoms with Gasteiger partial charge >= 0.3 is 0 Å². The van der Waals surface area contributed by atoms with E-state index in [2.05, 4.69) is 54.6 Å². The molecule has 0 rings (SSSR count). The predicted molar refractivity (Wildman–Crippen MR) is 129 cm³/mol. The molecule has 0 aliphatic heterocycles. The van der Waals surface area contributed by atoms with Gasteiger partial charge in [0.15, 0.2) is 24.0 Å². The van der Waals surface area contributed by atoms with Gasteiger partial charge in [-0.15, -0.1) is 0 Å². The Hall–Kier alpha value is 0.821. The lowest BCUT2D eigenvalue weighted by Crippen LogP contribution is -2.46. The molecule has 0 heterocycles. The van der Waals surface area contributed by atoms with Gasteiger partial charge in [-0.25, -0.2) is 0 Å². The number of hydrogen-bond acceptors (Lipinski definition) is 3. The molecule has 3 nitrogen and oxygen atoms in total. The predicted octanol–water partition coefficient (Wildman–Crippen LogP) is 7.25. The third kappa shape index (κ3) is 11.0. The highest BCUT2D eigenvalue weighted by atomic mass is 35.6. The van der Waals surface area contributed by atoms with Crippen molar-refractivity contribution >= 4 is 35.1 Å². The van der Waals surface area contributed by atoms with E-state index in [9.17, 15) is 0 Å². The highest BCUT2D eigenvalue weighted by Gasteiger charge is 2.34. The summed E-state index contributed by atoms with van der Waals surface area (Å²) in [6.07, 6.45) is 1.13. The van der Waals surface area contributed by atoms with E-state index >= 15 is 0 Å². The average Bonchev–Trinajstić information content (AvgIpc) is 2.66. The number of rotatable bonds is 17. The largest absolute Gasteiger partial charge is 0.414 e. The van der Waals surface area contributed by atoms with Gasteiger partial charge in [-0.05, 0) is 48.7 Å². The molecule has 1 unspecified atom stereocenters. The molecular weight excluding hydrogens is 408 g/mol. The molecule has 0 aliphatic carbocycles. The summed E-state index contributed by atoms with van der Waals surface area (Å²) >= 11 is 6.41. The fourth-order valence-electron chi connectivity index (χ4n) is 3.60. The Bertz CT molecular complexity index is 353. The second-order valence-corrected chi connectivity index (χ2v) is 24.9. The summed E-state index contributed by atoms with van der Waals surface area (Å²) in [4.78, 5) is 0. The van der Waals surface area contributed by atoms with E-state index in [-0.39, 0.29) is 6.10 Å². The van der Waals surface area contributed by atoms with Gasteiger partial charge in [-0.3, -0.25) is 0 Å². The molecule has 0 saturated carbocycles. The fourth-order valence-corrected chi connectivity index (χ4v) is 10.5. The molecule has 0 amide bonds. The average molecular weight is 455 g/mol. The van der Waals surface area contributed by atoms with Crippen molar-refractivity contribution in [2.45, 2.75) is 109 Å². The van der Waals surface area contributed by atoms with E-state index in [4.69, 9.17) is 24.7 Å². The van der Waals surface area contributed by atoms with Gasteiger partial charge in [-0.1, -0.05) is 54.6 Å². The highest BCUT2D eigenvalue weighted by molar-refractivity contribution is 7.19. The minimum absolute atomic E-state index is 0.0781. The maximum absolute atomic E-state index is 6.76. The zero-order valence-corrected chi connectivity index (χ0v) is 23.2. The Balaban J connectivity index is 4.84. The van der Waals surface area contributed by atoms with E-state index in [0.29, 0.717) is 13.2 Å². The standard InChI is InChI=1S/C20H47ClO3Si3/c1-9-26(10-2,11-3)23-19-20(24-27(12-4,13-5)14-6)18-22-16-15-17-25(7,8)21/h20H,9-19H2,1-8H3. The minimum atomic E-state index is -1.66. The molecule has 164 valence electrons. The number of ether oxygens (including phenoxy) is 1. The summed E-state index contributed by atoms with van der Waals surface area (Å²) in [5, 5.41) is 0. The first-order valence-corrected chi connectivity index (χ1v) is 20.5. The normalized spacial score (nSPS) is 14.6. The highest BCUT2D eigenvalue weighted by Crippen LogP contribution is 2.26. The van der Waals surface area contributed by atoms with Crippen LogP contribution in [0.4, 0.5) is 0 Å². The van der Waals surface area contributed by atoms with Crippen molar-refractivity contribution in [1.29, 1.82) is 0 Å². The Morgan fingerprint density at radius 1 is 0.741 bits per heavy atom. The van der Waals surface area contributed by atoms with Gasteiger partial charge < -0.3 is 13.6 Å². The molecular formula is C20H47ClO3Si3. The molecule has 1 atom stereocenters. The van der Waals surface area contributed by atoms with Crippen molar-refractivity contribution in [1.82, 2.24) is 0 Å². The maximum Gasteiger partial charge on any atom is 0.192 e. The first-order valence-electron chi connectivity index (χ1n) is 11.2. The van der Waals surface area contributed by atoms with E-state index in [1.165, 1.54) is 36.3 Å². The molecule has 0 aromatic rings. The summed E-state index contributed by atoms with van der Waals surface area (Å²) in [7, 11) is -4.76. The summed E-state index contributed by atoms with van der Waals surface area (Å²) in [5.41, 5.74) is 0. The molecule has 27 heavy (non-hydrogen) atoms. The molecule has 0 spiro atoms. The smallest absolute Gasteiger partial charge is 0.192 e. The summed E-state index contributed by atoms with van der Waals surface area (Å²) in [5.74, 6) is 0. The third-order valence-corrected chi connectivity index (χ3v) is 17.7. The molecule has 0 N–H and O–H groups in total. The lowest BCUT2D eigenvalue weighted by molar-refractivity contribution is 0.0176. The van der Waals surface area contributed by atoms with Crippen LogP contribution in [0.1, 0.15) is 48.0 Å². The zero-order valence-electron chi connectivity index (χ0n) is 19.5. The van der Waals surface area contributed by atoms with E-state index in [1.807, 2.05) is 0 Å². The Morgan fingerprint density at radius 3 is 1.63 bits per heavy atom. The van der Waals surface area contributed by atoms with Crippen molar-refractivity contribution in [2.75, 3.05) is 19.8 Å². The number of hydrogen-bond donors (Lipinski definition) is 0. The Morgan fingerprint density at radius 2 is 1.22 bits per heavy atom. The molecule has 0 aromatic carbocycles. The SMILES string of the molecule is CC[Si](CC)(CC)OCC(COCCC[Si](C)(C)Cl)O[Si](CC)(CC)CC. The third-order valence-electron chi connectivity index (χ3n) is 6.22. The van der Waals surface area contributed by atoms with Crippen molar-refractivity contribution in [3.05, 3.63) is 0 Å². The molecule has 0 radical (unpaired) electrons. The molecule has 0 fully saturated rings. The molecule has 7 heteroatoms. The molecule has 0 saturated heterocycles. The zero-order chi connectivity index (χ0) is 21.0. The topological polar surface area (TPSA) is 27.7 Å². The quantitative estimate of drug-likeness (QED) is 0.131. The monoisotopic (exact) mass is 454 g/mol. The summed E-state index contributed by atoms with van der Waals surface area (Å²) in [6.45, 7) is 20.2. The van der Waals surface area contributed by atoms with E-state index in [0.717, 1.165) is 19.1 Å². The second-order valence-electron chi connectivity index (χ2n) is 8.44. The van der Waals surface area contributed by atoms with Crippen LogP contribution in [0.2, 0.25) is 55.4 Å². The lowest BCUT2D eigenvalue weighted by Gasteiger charge is -2.36. The fraction of sp³-hybridized carbons (Fsp3) is 1.00. The van der Waals surface area contributed by atoms with Crippen LogP contribution in [-0.4, -0.2) is 49.9 Å². The van der Waals surface area contributed by atoms with Crippen molar-refractivity contribution < 1.29 is 13.6 Å². The van der Waals surface area contributed by atoms with Gasteiger partial charge in [-0.2, -0.15) is 11.1 Å². The van der Waals surface area contributed by atoms with Crippen LogP contribution in [0.3, 0.4) is 0 Å². The van der Waals surface area contributed by atoms with Crippen LogP contribution in [0.5, 0.6) is 0 Å².